The number of amides is 2. The van der Waals surface area contributed by atoms with Crippen molar-refractivity contribution in [1.82, 2.24) is 4.90 Å². The van der Waals surface area contributed by atoms with Gasteiger partial charge in [0, 0.05) is 36.9 Å². The van der Waals surface area contributed by atoms with Gasteiger partial charge >= 0.3 is 0 Å². The molecule has 2 aliphatic heterocycles. The van der Waals surface area contributed by atoms with Crippen LogP contribution in [0.3, 0.4) is 0 Å². The van der Waals surface area contributed by atoms with Crippen molar-refractivity contribution >= 4 is 23.2 Å². The van der Waals surface area contributed by atoms with E-state index in [1.807, 2.05) is 30.4 Å². The number of halogens is 1. The van der Waals surface area contributed by atoms with Crippen LogP contribution in [-0.4, -0.2) is 42.4 Å². The molecule has 2 aromatic carbocycles. The molecule has 0 spiro atoms. The van der Waals surface area contributed by atoms with E-state index in [1.54, 1.807) is 24.0 Å². The van der Waals surface area contributed by atoms with E-state index in [0.717, 1.165) is 37.3 Å². The molecule has 2 unspecified atom stereocenters. The number of hydrogen-bond donors (Lipinski definition) is 1. The molecule has 3 aliphatic rings. The fourth-order valence-electron chi connectivity index (χ4n) is 6.32. The van der Waals surface area contributed by atoms with Crippen molar-refractivity contribution in [2.75, 3.05) is 29.9 Å². The third kappa shape index (κ3) is 5.40. The van der Waals surface area contributed by atoms with Crippen molar-refractivity contribution in [1.29, 1.82) is 0 Å². The summed E-state index contributed by atoms with van der Waals surface area (Å²) in [6, 6.07) is 12.4. The molecule has 1 aliphatic carbocycles. The quantitative estimate of drug-likeness (QED) is 0.504. The lowest BCUT2D eigenvalue weighted by molar-refractivity contribution is -0.123. The van der Waals surface area contributed by atoms with Crippen LogP contribution < -0.4 is 10.2 Å². The van der Waals surface area contributed by atoms with Crippen LogP contribution in [0.2, 0.25) is 0 Å². The van der Waals surface area contributed by atoms with E-state index >= 15 is 0 Å². The van der Waals surface area contributed by atoms with E-state index in [1.165, 1.54) is 6.07 Å². The van der Waals surface area contributed by atoms with Gasteiger partial charge in [-0.2, -0.15) is 0 Å². The van der Waals surface area contributed by atoms with Crippen LogP contribution in [0.15, 0.2) is 66.8 Å². The maximum Gasteiger partial charge on any atom is 0.257 e. The Bertz CT molecular complexity index is 1250. The lowest BCUT2D eigenvalue weighted by Crippen LogP contribution is -2.55. The predicted molar refractivity (Wildman–Crippen MR) is 151 cm³/mol. The molecule has 5 nitrogen and oxygen atoms in total. The topological polar surface area (TPSA) is 52.7 Å². The van der Waals surface area contributed by atoms with Crippen LogP contribution in [-0.2, 0) is 4.79 Å². The average molecular weight is 516 g/mol. The molecule has 2 amide bonds. The summed E-state index contributed by atoms with van der Waals surface area (Å²) >= 11 is 0. The van der Waals surface area contributed by atoms with Crippen LogP contribution in [0.25, 0.3) is 0 Å². The zero-order valence-electron chi connectivity index (χ0n) is 22.6. The minimum atomic E-state index is -0.513. The molecule has 0 radical (unpaired) electrons. The summed E-state index contributed by atoms with van der Waals surface area (Å²) in [5, 5.41) is 3.17. The van der Waals surface area contributed by atoms with Gasteiger partial charge in [0.2, 0.25) is 5.91 Å². The largest absolute Gasteiger partial charge is 0.371 e. The molecule has 38 heavy (non-hydrogen) atoms. The molecule has 0 bridgehead atoms. The Morgan fingerprint density at radius 3 is 2.61 bits per heavy atom. The Morgan fingerprint density at radius 1 is 1.08 bits per heavy atom. The van der Waals surface area contributed by atoms with Gasteiger partial charge in [0.15, 0.2) is 0 Å². The van der Waals surface area contributed by atoms with Crippen LogP contribution in [0, 0.1) is 30.0 Å². The summed E-state index contributed by atoms with van der Waals surface area (Å²) in [7, 11) is 0. The summed E-state index contributed by atoms with van der Waals surface area (Å²) in [5.74, 6) is -1.33. The zero-order valence-corrected chi connectivity index (χ0v) is 22.6. The van der Waals surface area contributed by atoms with Crippen LogP contribution in [0.5, 0.6) is 0 Å². The Labute approximate surface area is 225 Å². The summed E-state index contributed by atoms with van der Waals surface area (Å²) in [6.45, 7) is 8.83. The van der Waals surface area contributed by atoms with Crippen molar-refractivity contribution in [2.24, 2.45) is 17.3 Å². The van der Waals surface area contributed by atoms with Gasteiger partial charge in [-0.1, -0.05) is 56.4 Å². The molecular weight excluding hydrogens is 477 g/mol. The third-order valence-corrected chi connectivity index (χ3v) is 8.33. The summed E-state index contributed by atoms with van der Waals surface area (Å²) in [6.07, 6.45) is 11.4. The first-order valence-corrected chi connectivity index (χ1v) is 13.8. The highest BCUT2D eigenvalue weighted by molar-refractivity contribution is 5.98. The number of carbonyl (C=O) groups is 2. The van der Waals surface area contributed by atoms with E-state index in [-0.39, 0.29) is 34.8 Å². The normalized spacial score (nSPS) is 24.5. The number of hydrogen-bond acceptors (Lipinski definition) is 3. The van der Waals surface area contributed by atoms with E-state index < -0.39 is 11.7 Å². The standard InChI is InChI=1S/C32H38FN3O2/c1-22-10-7-16-27(33)28(22)31(38)36-18-9-15-26(29(36)23-11-5-4-6-12-23)30(37)34-24-13-8-14-25(20-24)35-19-17-32(2,3)21-35/h4-8,10-11,13-14,16,20,23,26,29H,9,12,15,17-19,21H2,1-3H3,(H,34,37)/t23?,26?,29-/m0/s1. The molecule has 3 atom stereocenters. The van der Waals surface area contributed by atoms with Crippen molar-refractivity contribution in [3.05, 3.63) is 83.7 Å². The van der Waals surface area contributed by atoms with Gasteiger partial charge in [0.25, 0.3) is 5.91 Å². The van der Waals surface area contributed by atoms with Crippen molar-refractivity contribution in [3.63, 3.8) is 0 Å². The minimum Gasteiger partial charge on any atom is -0.371 e. The van der Waals surface area contributed by atoms with Gasteiger partial charge in [-0.05, 0) is 67.9 Å². The highest BCUT2D eigenvalue weighted by Crippen LogP contribution is 2.36. The number of likely N-dealkylation sites (tertiary alicyclic amines) is 1. The van der Waals surface area contributed by atoms with Crippen LogP contribution in [0.1, 0.15) is 55.5 Å². The maximum atomic E-state index is 14.8. The molecule has 5 rings (SSSR count). The molecule has 1 N–H and O–H groups in total. The molecule has 6 heteroatoms. The Hall–Kier alpha value is -3.41. The lowest BCUT2D eigenvalue weighted by atomic mass is 9.77. The van der Waals surface area contributed by atoms with E-state index in [9.17, 15) is 14.0 Å². The fourth-order valence-corrected chi connectivity index (χ4v) is 6.32. The summed E-state index contributed by atoms with van der Waals surface area (Å²) in [5.41, 5.74) is 2.88. The van der Waals surface area contributed by atoms with Gasteiger partial charge in [-0.25, -0.2) is 4.39 Å². The second-order valence-electron chi connectivity index (χ2n) is 11.8. The third-order valence-electron chi connectivity index (χ3n) is 8.33. The Morgan fingerprint density at radius 2 is 1.89 bits per heavy atom. The number of anilines is 2. The van der Waals surface area contributed by atoms with Crippen LogP contribution in [0.4, 0.5) is 15.8 Å². The first kappa shape index (κ1) is 26.2. The molecule has 0 aromatic heterocycles. The Kier molecular flexibility index (Phi) is 7.42. The van der Waals surface area contributed by atoms with Crippen molar-refractivity contribution in [2.45, 2.75) is 52.5 Å². The molecule has 200 valence electrons. The zero-order chi connectivity index (χ0) is 26.9. The van der Waals surface area contributed by atoms with Crippen LogP contribution >= 0.6 is 0 Å². The van der Waals surface area contributed by atoms with Gasteiger partial charge < -0.3 is 15.1 Å². The van der Waals surface area contributed by atoms with Gasteiger partial charge in [0.05, 0.1) is 17.5 Å². The highest BCUT2D eigenvalue weighted by Gasteiger charge is 2.43. The number of nitrogens with zero attached hydrogens (tertiary/aromatic N) is 2. The smallest absolute Gasteiger partial charge is 0.257 e. The molecular formula is C32H38FN3O2. The monoisotopic (exact) mass is 515 g/mol. The average Bonchev–Trinajstić information content (AvgIpc) is 3.28. The first-order valence-electron chi connectivity index (χ1n) is 13.8. The van der Waals surface area contributed by atoms with Crippen molar-refractivity contribution in [3.8, 4) is 0 Å². The number of aryl methyl sites for hydroxylation is 1. The second kappa shape index (κ2) is 10.8. The molecule has 0 saturated carbocycles. The molecule has 2 saturated heterocycles. The SMILES string of the molecule is Cc1cccc(F)c1C(=O)N1CCCC(C(=O)Nc2cccc(N3CCC(C)(C)C3)c2)[C@@H]1C1C=CC=CC1. The van der Waals surface area contributed by atoms with Crippen molar-refractivity contribution < 1.29 is 14.0 Å². The van der Waals surface area contributed by atoms with Gasteiger partial charge in [-0.15, -0.1) is 0 Å². The molecule has 2 aromatic rings. The second-order valence-corrected chi connectivity index (χ2v) is 11.8. The van der Waals surface area contributed by atoms with Gasteiger partial charge in [0.1, 0.15) is 5.82 Å². The number of piperidine rings is 1. The van der Waals surface area contributed by atoms with Gasteiger partial charge in [-0.3, -0.25) is 9.59 Å². The Balaban J connectivity index is 1.40. The summed E-state index contributed by atoms with van der Waals surface area (Å²) < 4.78 is 14.8. The van der Waals surface area contributed by atoms with E-state index in [4.69, 9.17) is 0 Å². The maximum absolute atomic E-state index is 14.8. The van der Waals surface area contributed by atoms with E-state index in [2.05, 4.69) is 42.3 Å². The number of carbonyl (C=O) groups excluding carboxylic acids is 2. The first-order chi connectivity index (χ1) is 18.2. The molecule has 2 fully saturated rings. The van der Waals surface area contributed by atoms with E-state index in [0.29, 0.717) is 24.9 Å². The summed E-state index contributed by atoms with van der Waals surface area (Å²) in [4.78, 5) is 31.7. The predicted octanol–water partition coefficient (Wildman–Crippen LogP) is 6.36. The lowest BCUT2D eigenvalue weighted by Gasteiger charge is -2.44. The number of allylic oxidation sites excluding steroid dienone is 3. The molecule has 2 heterocycles. The number of benzene rings is 2. The minimum absolute atomic E-state index is 0.00903. The number of rotatable bonds is 5. The highest BCUT2D eigenvalue weighted by atomic mass is 19.1. The number of nitrogens with one attached hydrogen (secondary N) is 1. The fraction of sp³-hybridized carbons (Fsp3) is 0.438.